The maximum absolute atomic E-state index is 9.02. The van der Waals surface area contributed by atoms with Crippen molar-refractivity contribution in [1.29, 1.82) is 5.26 Å². The van der Waals surface area contributed by atoms with Crippen LogP contribution in [-0.2, 0) is 0 Å². The summed E-state index contributed by atoms with van der Waals surface area (Å²) in [6, 6.07) is 6.31. The lowest BCUT2D eigenvalue weighted by Gasteiger charge is -2.02. The second-order valence-corrected chi connectivity index (χ2v) is 5.33. The van der Waals surface area contributed by atoms with Crippen LogP contribution in [0.25, 0.3) is 10.1 Å². The van der Waals surface area contributed by atoms with Crippen LogP contribution in [0.4, 0.5) is 0 Å². The van der Waals surface area contributed by atoms with E-state index >= 15 is 0 Å². The molecular formula is C10H6BrNS2. The lowest BCUT2D eigenvalue weighted by atomic mass is 10.2. The standard InChI is InChI=1S/C10H6BrNS2/c1-13-9-4-8(11)7(5-12)10-6(9)2-3-14-10/h2-4H,1H3. The molecule has 0 unspecified atom stereocenters. The summed E-state index contributed by atoms with van der Waals surface area (Å²) in [7, 11) is 0. The van der Waals surface area contributed by atoms with E-state index in [0.717, 1.165) is 14.7 Å². The van der Waals surface area contributed by atoms with Gasteiger partial charge in [0.25, 0.3) is 0 Å². The molecule has 0 fully saturated rings. The van der Waals surface area contributed by atoms with Crippen LogP contribution in [0, 0.1) is 11.3 Å². The van der Waals surface area contributed by atoms with Crippen molar-refractivity contribution in [1.82, 2.24) is 0 Å². The minimum absolute atomic E-state index is 0.743. The molecule has 0 aliphatic carbocycles. The average Bonchev–Trinajstić information content (AvgIpc) is 2.65. The topological polar surface area (TPSA) is 23.8 Å². The Kier molecular flexibility index (Phi) is 2.82. The Labute approximate surface area is 98.9 Å². The Morgan fingerprint density at radius 3 is 3.00 bits per heavy atom. The van der Waals surface area contributed by atoms with Crippen molar-refractivity contribution in [3.05, 3.63) is 27.5 Å². The Morgan fingerprint density at radius 2 is 2.36 bits per heavy atom. The van der Waals surface area contributed by atoms with Crippen LogP contribution in [0.1, 0.15) is 5.56 Å². The van der Waals surface area contributed by atoms with Crippen LogP contribution in [-0.4, -0.2) is 6.26 Å². The normalized spacial score (nSPS) is 10.4. The van der Waals surface area contributed by atoms with Gasteiger partial charge in [-0.15, -0.1) is 23.1 Å². The third-order valence-corrected chi connectivity index (χ3v) is 4.32. The molecule has 0 spiro atoms. The summed E-state index contributed by atoms with van der Waals surface area (Å²) in [6.07, 6.45) is 2.05. The molecule has 1 heterocycles. The molecule has 4 heteroatoms. The second kappa shape index (κ2) is 3.93. The highest BCUT2D eigenvalue weighted by molar-refractivity contribution is 9.10. The highest BCUT2D eigenvalue weighted by Gasteiger charge is 2.10. The first-order chi connectivity index (χ1) is 6.77. The minimum Gasteiger partial charge on any atom is -0.192 e. The van der Waals surface area contributed by atoms with Gasteiger partial charge in [-0.05, 0) is 39.7 Å². The Balaban J connectivity index is 2.90. The van der Waals surface area contributed by atoms with Gasteiger partial charge in [0.15, 0.2) is 0 Å². The molecule has 0 atom stereocenters. The van der Waals surface area contributed by atoms with Gasteiger partial charge in [0.05, 0.1) is 10.3 Å². The number of thioether (sulfide) groups is 1. The molecule has 0 amide bonds. The van der Waals surface area contributed by atoms with Crippen LogP contribution in [0.3, 0.4) is 0 Å². The number of hydrogen-bond donors (Lipinski definition) is 0. The molecule has 0 saturated heterocycles. The van der Waals surface area contributed by atoms with E-state index in [1.807, 2.05) is 17.7 Å². The van der Waals surface area contributed by atoms with Crippen molar-refractivity contribution in [2.45, 2.75) is 4.90 Å². The number of nitriles is 1. The first-order valence-corrected chi connectivity index (χ1v) is 6.81. The van der Waals surface area contributed by atoms with E-state index in [2.05, 4.69) is 28.1 Å². The van der Waals surface area contributed by atoms with Gasteiger partial charge in [0, 0.05) is 14.8 Å². The van der Waals surface area contributed by atoms with E-state index < -0.39 is 0 Å². The van der Waals surface area contributed by atoms with Crippen LogP contribution in [0.15, 0.2) is 26.9 Å². The summed E-state index contributed by atoms with van der Waals surface area (Å²) in [5, 5.41) is 12.2. The molecule has 0 aliphatic heterocycles. The number of benzene rings is 1. The van der Waals surface area contributed by atoms with E-state index in [1.54, 1.807) is 23.1 Å². The van der Waals surface area contributed by atoms with Gasteiger partial charge in [0.1, 0.15) is 6.07 Å². The third kappa shape index (κ3) is 1.46. The maximum atomic E-state index is 9.02. The number of hydrogen-bond acceptors (Lipinski definition) is 3. The summed E-state index contributed by atoms with van der Waals surface area (Å²) < 4.78 is 1.96. The van der Waals surface area contributed by atoms with E-state index in [-0.39, 0.29) is 0 Å². The van der Waals surface area contributed by atoms with E-state index in [4.69, 9.17) is 5.26 Å². The average molecular weight is 284 g/mol. The highest BCUT2D eigenvalue weighted by atomic mass is 79.9. The fourth-order valence-corrected chi connectivity index (χ4v) is 3.75. The van der Waals surface area contributed by atoms with Gasteiger partial charge in [-0.3, -0.25) is 0 Å². The van der Waals surface area contributed by atoms with Crippen LogP contribution >= 0.6 is 39.0 Å². The quantitative estimate of drug-likeness (QED) is 0.731. The molecule has 70 valence electrons. The van der Waals surface area contributed by atoms with Crippen molar-refractivity contribution >= 4 is 49.1 Å². The van der Waals surface area contributed by atoms with Gasteiger partial charge in [-0.2, -0.15) is 5.26 Å². The summed E-state index contributed by atoms with van der Waals surface area (Å²) in [5.74, 6) is 0. The number of fused-ring (bicyclic) bond motifs is 1. The monoisotopic (exact) mass is 283 g/mol. The highest BCUT2D eigenvalue weighted by Crippen LogP contribution is 2.36. The second-order valence-electron chi connectivity index (χ2n) is 2.71. The van der Waals surface area contributed by atoms with Gasteiger partial charge in [-0.1, -0.05) is 0 Å². The molecule has 1 aromatic carbocycles. The molecule has 2 aromatic rings. The zero-order chi connectivity index (χ0) is 10.1. The summed E-state index contributed by atoms with van der Waals surface area (Å²) in [6.45, 7) is 0. The Bertz CT molecular complexity index is 525. The van der Waals surface area contributed by atoms with Crippen molar-refractivity contribution in [2.24, 2.45) is 0 Å². The first kappa shape index (κ1) is 10.0. The Morgan fingerprint density at radius 1 is 1.57 bits per heavy atom. The third-order valence-electron chi connectivity index (χ3n) is 1.99. The molecule has 2 rings (SSSR count). The fourth-order valence-electron chi connectivity index (χ4n) is 1.34. The van der Waals surface area contributed by atoms with Crippen molar-refractivity contribution in [3.63, 3.8) is 0 Å². The molecule has 1 aromatic heterocycles. The summed E-state index contributed by atoms with van der Waals surface area (Å²) >= 11 is 6.74. The van der Waals surface area contributed by atoms with Crippen LogP contribution in [0.5, 0.6) is 0 Å². The summed E-state index contributed by atoms with van der Waals surface area (Å²) in [5.41, 5.74) is 0.743. The van der Waals surface area contributed by atoms with Gasteiger partial charge in [0.2, 0.25) is 0 Å². The first-order valence-electron chi connectivity index (χ1n) is 3.91. The van der Waals surface area contributed by atoms with Crippen molar-refractivity contribution < 1.29 is 0 Å². The Hall–Kier alpha value is -0.500. The number of halogens is 1. The number of nitrogens with zero attached hydrogens (tertiary/aromatic N) is 1. The lowest BCUT2D eigenvalue weighted by Crippen LogP contribution is -1.80. The van der Waals surface area contributed by atoms with Gasteiger partial charge < -0.3 is 0 Å². The molecular weight excluding hydrogens is 278 g/mol. The van der Waals surface area contributed by atoms with Gasteiger partial charge in [-0.25, -0.2) is 0 Å². The number of thiophene rings is 1. The number of rotatable bonds is 1. The lowest BCUT2D eigenvalue weighted by molar-refractivity contribution is 1.46. The maximum Gasteiger partial charge on any atom is 0.102 e. The van der Waals surface area contributed by atoms with Crippen LogP contribution < -0.4 is 0 Å². The smallest absolute Gasteiger partial charge is 0.102 e. The van der Waals surface area contributed by atoms with E-state index in [1.165, 1.54) is 10.3 Å². The summed E-state index contributed by atoms with van der Waals surface area (Å²) in [4.78, 5) is 1.21. The molecule has 0 N–H and O–H groups in total. The van der Waals surface area contributed by atoms with E-state index in [0.29, 0.717) is 0 Å². The SMILES string of the molecule is CSc1cc(Br)c(C#N)c2sccc12. The van der Waals surface area contributed by atoms with Crippen molar-refractivity contribution in [2.75, 3.05) is 6.26 Å². The largest absolute Gasteiger partial charge is 0.192 e. The molecule has 1 nitrogen and oxygen atoms in total. The molecule has 0 bridgehead atoms. The fraction of sp³-hybridized carbons (Fsp3) is 0.100. The predicted octanol–water partition coefficient (Wildman–Crippen LogP) is 4.26. The molecule has 0 aliphatic rings. The predicted molar refractivity (Wildman–Crippen MR) is 66.0 cm³/mol. The van der Waals surface area contributed by atoms with Crippen LogP contribution in [0.2, 0.25) is 0 Å². The molecule has 14 heavy (non-hydrogen) atoms. The zero-order valence-corrected chi connectivity index (χ0v) is 10.6. The van der Waals surface area contributed by atoms with E-state index in [9.17, 15) is 0 Å². The molecule has 0 radical (unpaired) electrons. The molecule has 0 saturated carbocycles. The van der Waals surface area contributed by atoms with Crippen molar-refractivity contribution in [3.8, 4) is 6.07 Å². The minimum atomic E-state index is 0.743. The zero-order valence-electron chi connectivity index (χ0n) is 7.37. The van der Waals surface area contributed by atoms with Gasteiger partial charge >= 0.3 is 0 Å².